The molecule has 1 heterocycles. The van der Waals surface area contributed by atoms with Crippen LogP contribution in [-0.2, 0) is 16.0 Å². The Morgan fingerprint density at radius 3 is 2.38 bits per heavy atom. The fraction of sp³-hybridized carbons (Fsp3) is 0.611. The van der Waals surface area contributed by atoms with Gasteiger partial charge in [-0.2, -0.15) is 0 Å². The summed E-state index contributed by atoms with van der Waals surface area (Å²) < 4.78 is 4.82. The summed E-state index contributed by atoms with van der Waals surface area (Å²) in [5.74, 6) is -0.714. The molecule has 1 saturated carbocycles. The molecule has 2 rings (SSSR count). The van der Waals surface area contributed by atoms with Crippen molar-refractivity contribution in [3.8, 4) is 0 Å². The minimum atomic E-state index is -0.525. The minimum absolute atomic E-state index is 0.0223. The van der Waals surface area contributed by atoms with Gasteiger partial charge in [-0.25, -0.2) is 4.79 Å². The summed E-state index contributed by atoms with van der Waals surface area (Å²) in [5, 5.41) is 0. The molecule has 0 bridgehead atoms. The lowest BCUT2D eigenvalue weighted by molar-refractivity contribution is -0.132. The number of rotatable bonds is 6. The maximum absolute atomic E-state index is 12.8. The van der Waals surface area contributed by atoms with E-state index >= 15 is 0 Å². The summed E-state index contributed by atoms with van der Waals surface area (Å²) >= 11 is 0. The van der Waals surface area contributed by atoms with Crippen molar-refractivity contribution in [2.75, 3.05) is 13.7 Å². The molecule has 0 aromatic carbocycles. The van der Waals surface area contributed by atoms with Crippen LogP contribution in [0.15, 0.2) is 0 Å². The van der Waals surface area contributed by atoms with Gasteiger partial charge in [0.15, 0.2) is 5.78 Å². The zero-order chi connectivity index (χ0) is 17.9. The topological polar surface area (TPSA) is 79.5 Å². The third-order valence-corrected chi connectivity index (χ3v) is 4.82. The first-order chi connectivity index (χ1) is 11.4. The van der Waals surface area contributed by atoms with Crippen molar-refractivity contribution in [1.82, 2.24) is 9.88 Å². The molecule has 6 nitrogen and oxygen atoms in total. The average Bonchev–Trinajstić information content (AvgIpc) is 3.16. The van der Waals surface area contributed by atoms with Gasteiger partial charge in [0.1, 0.15) is 0 Å². The largest absolute Gasteiger partial charge is 0.465 e. The number of nitrogens with zero attached hydrogens (tertiary/aromatic N) is 1. The molecule has 1 aromatic rings. The van der Waals surface area contributed by atoms with Crippen molar-refractivity contribution in [2.45, 2.75) is 58.9 Å². The van der Waals surface area contributed by atoms with Gasteiger partial charge in [-0.1, -0.05) is 12.8 Å². The third-order valence-electron chi connectivity index (χ3n) is 4.82. The summed E-state index contributed by atoms with van der Waals surface area (Å²) in [5.41, 5.74) is 1.67. The highest BCUT2D eigenvalue weighted by molar-refractivity contribution is 6.01. The van der Waals surface area contributed by atoms with Gasteiger partial charge in [-0.3, -0.25) is 9.59 Å². The Bertz CT molecular complexity index is 642. The van der Waals surface area contributed by atoms with Gasteiger partial charge < -0.3 is 14.6 Å². The number of likely N-dealkylation sites (N-methyl/N-ethyl adjacent to an activating group) is 1. The summed E-state index contributed by atoms with van der Waals surface area (Å²) in [6.07, 6.45) is 4.44. The van der Waals surface area contributed by atoms with E-state index < -0.39 is 5.97 Å². The lowest BCUT2D eigenvalue weighted by Gasteiger charge is -2.27. The maximum atomic E-state index is 12.8. The predicted octanol–water partition coefficient (Wildman–Crippen LogP) is 2.65. The van der Waals surface area contributed by atoms with Crippen LogP contribution in [0.4, 0.5) is 0 Å². The van der Waals surface area contributed by atoms with Gasteiger partial charge in [0.25, 0.3) is 0 Å². The zero-order valence-electron chi connectivity index (χ0n) is 14.9. The molecule has 0 saturated heterocycles. The van der Waals surface area contributed by atoms with Crippen molar-refractivity contribution >= 4 is 17.7 Å². The van der Waals surface area contributed by atoms with Gasteiger partial charge >= 0.3 is 5.97 Å². The second-order valence-corrected chi connectivity index (χ2v) is 6.32. The van der Waals surface area contributed by atoms with E-state index in [4.69, 9.17) is 4.74 Å². The molecule has 1 aliphatic carbocycles. The van der Waals surface area contributed by atoms with E-state index in [0.717, 1.165) is 25.7 Å². The van der Waals surface area contributed by atoms with Crippen LogP contribution in [0.25, 0.3) is 0 Å². The summed E-state index contributed by atoms with van der Waals surface area (Å²) in [6.45, 7) is 5.75. The van der Waals surface area contributed by atoms with Crippen LogP contribution in [0.5, 0.6) is 0 Å². The second-order valence-electron chi connectivity index (χ2n) is 6.32. The average molecular weight is 334 g/mol. The normalized spacial score (nSPS) is 14.7. The lowest BCUT2D eigenvalue weighted by atomic mass is 10.1. The molecule has 1 N–H and O–H groups in total. The molecule has 1 aromatic heterocycles. The van der Waals surface area contributed by atoms with Crippen molar-refractivity contribution in [2.24, 2.45) is 0 Å². The van der Waals surface area contributed by atoms with E-state index in [2.05, 4.69) is 4.98 Å². The Labute approximate surface area is 142 Å². The molecule has 1 fully saturated rings. The highest BCUT2D eigenvalue weighted by Crippen LogP contribution is 2.25. The number of nitrogens with one attached hydrogen (secondary N) is 1. The number of amides is 1. The number of ether oxygens (including phenoxy) is 1. The van der Waals surface area contributed by atoms with E-state index in [-0.39, 0.29) is 24.2 Å². The van der Waals surface area contributed by atoms with Crippen molar-refractivity contribution in [3.05, 3.63) is 22.5 Å². The number of hydrogen-bond donors (Lipinski definition) is 1. The highest BCUT2D eigenvalue weighted by Gasteiger charge is 2.29. The van der Waals surface area contributed by atoms with E-state index in [1.54, 1.807) is 6.92 Å². The lowest BCUT2D eigenvalue weighted by Crippen LogP contribution is -2.39. The smallest absolute Gasteiger partial charge is 0.339 e. The Kier molecular flexibility index (Phi) is 5.80. The molecular formula is C18H26N2O4. The van der Waals surface area contributed by atoms with Gasteiger partial charge in [0.05, 0.1) is 24.8 Å². The highest BCUT2D eigenvalue weighted by atomic mass is 16.5. The SMILES string of the molecule is CCN(C(=O)Cc1[nH]c(C(C)=O)c(C)c1C(=O)OC)C1CCCC1. The number of esters is 1. The van der Waals surface area contributed by atoms with Gasteiger partial charge in [-0.15, -0.1) is 0 Å². The third kappa shape index (κ3) is 3.52. The van der Waals surface area contributed by atoms with Gasteiger partial charge in [0.2, 0.25) is 5.91 Å². The standard InChI is InChI=1S/C18H26N2O4/c1-5-20(13-8-6-7-9-13)15(22)10-14-16(18(23)24-4)11(2)17(19-14)12(3)21/h13,19H,5-10H2,1-4H3. The zero-order valence-corrected chi connectivity index (χ0v) is 14.9. The fourth-order valence-electron chi connectivity index (χ4n) is 3.63. The molecule has 0 aliphatic heterocycles. The molecule has 132 valence electrons. The Morgan fingerprint density at radius 2 is 1.88 bits per heavy atom. The fourth-order valence-corrected chi connectivity index (χ4v) is 3.63. The number of methoxy groups -OCH3 is 1. The maximum Gasteiger partial charge on any atom is 0.339 e. The van der Waals surface area contributed by atoms with Crippen molar-refractivity contribution in [1.29, 1.82) is 0 Å². The summed E-state index contributed by atoms with van der Waals surface area (Å²) in [7, 11) is 1.30. The molecule has 0 unspecified atom stereocenters. The molecule has 1 aliphatic rings. The molecule has 0 radical (unpaired) electrons. The molecule has 0 spiro atoms. The van der Waals surface area contributed by atoms with Crippen LogP contribution in [0.1, 0.15) is 71.6 Å². The summed E-state index contributed by atoms with van der Waals surface area (Å²) in [6, 6.07) is 0.285. The number of H-pyrrole nitrogens is 1. The van der Waals surface area contributed by atoms with E-state index in [0.29, 0.717) is 29.1 Å². The van der Waals surface area contributed by atoms with Crippen LogP contribution >= 0.6 is 0 Å². The predicted molar refractivity (Wildman–Crippen MR) is 90.2 cm³/mol. The van der Waals surface area contributed by atoms with Crippen molar-refractivity contribution in [3.63, 3.8) is 0 Å². The first-order valence-corrected chi connectivity index (χ1v) is 8.50. The number of carbonyl (C=O) groups excluding carboxylic acids is 3. The van der Waals surface area contributed by atoms with Crippen molar-refractivity contribution < 1.29 is 19.1 Å². The van der Waals surface area contributed by atoms with Crippen LogP contribution in [0.3, 0.4) is 0 Å². The number of Topliss-reactive ketones (excluding diaryl/α,β-unsaturated/α-hetero) is 1. The summed E-state index contributed by atoms with van der Waals surface area (Å²) in [4.78, 5) is 41.4. The van der Waals surface area contributed by atoms with Crippen LogP contribution < -0.4 is 0 Å². The quantitative estimate of drug-likeness (QED) is 0.641. The number of hydrogen-bond acceptors (Lipinski definition) is 4. The second kappa shape index (κ2) is 7.64. The number of aromatic nitrogens is 1. The first kappa shape index (κ1) is 18.2. The van der Waals surface area contributed by atoms with Gasteiger partial charge in [-0.05, 0) is 32.3 Å². The Hall–Kier alpha value is -2.11. The van der Waals surface area contributed by atoms with Gasteiger partial charge in [0, 0.05) is 25.2 Å². The molecule has 0 atom stereocenters. The molecular weight excluding hydrogens is 308 g/mol. The number of aromatic amines is 1. The van der Waals surface area contributed by atoms with Crippen LogP contribution in [-0.4, -0.2) is 47.2 Å². The van der Waals surface area contributed by atoms with E-state index in [1.165, 1.54) is 14.0 Å². The molecule has 24 heavy (non-hydrogen) atoms. The Balaban J connectivity index is 2.30. The van der Waals surface area contributed by atoms with Crippen LogP contribution in [0.2, 0.25) is 0 Å². The van der Waals surface area contributed by atoms with E-state index in [9.17, 15) is 14.4 Å². The number of ketones is 1. The van der Waals surface area contributed by atoms with E-state index in [1.807, 2.05) is 11.8 Å². The molecule has 1 amide bonds. The molecule has 6 heteroatoms. The monoisotopic (exact) mass is 334 g/mol. The number of carbonyl (C=O) groups is 3. The first-order valence-electron chi connectivity index (χ1n) is 8.50. The van der Waals surface area contributed by atoms with Crippen LogP contribution in [0, 0.1) is 6.92 Å². The Morgan fingerprint density at radius 1 is 1.25 bits per heavy atom. The minimum Gasteiger partial charge on any atom is -0.465 e.